The van der Waals surface area contributed by atoms with E-state index >= 15 is 0 Å². The van der Waals surface area contributed by atoms with Crippen molar-refractivity contribution in [2.24, 2.45) is 0 Å². The molecular weight excluding hydrogens is 328 g/mol. The average molecular weight is 356 g/mol. The van der Waals surface area contributed by atoms with Crippen LogP contribution in [0.2, 0.25) is 0 Å². The fourth-order valence-corrected chi connectivity index (χ4v) is 3.56. The predicted octanol–water partition coefficient (Wildman–Crippen LogP) is 3.46. The van der Waals surface area contributed by atoms with Gasteiger partial charge in [0.25, 0.3) is 0 Å². The van der Waals surface area contributed by atoms with Crippen molar-refractivity contribution in [2.75, 3.05) is 18.4 Å². The van der Waals surface area contributed by atoms with E-state index in [1.165, 1.54) is 18.2 Å². The minimum atomic E-state index is -3.75. The first-order chi connectivity index (χ1) is 11.4. The van der Waals surface area contributed by atoms with E-state index < -0.39 is 16.0 Å². The van der Waals surface area contributed by atoms with E-state index in [1.807, 2.05) is 6.92 Å². The number of benzene rings is 1. The zero-order chi connectivity index (χ0) is 18.0. The van der Waals surface area contributed by atoms with Gasteiger partial charge in [-0.1, -0.05) is 39.5 Å². The molecule has 0 radical (unpaired) electrons. The normalized spacial score (nSPS) is 11.4. The summed E-state index contributed by atoms with van der Waals surface area (Å²) in [5.41, 5.74) is 0.405. The molecule has 7 heteroatoms. The molecule has 24 heavy (non-hydrogen) atoms. The molecule has 0 aromatic heterocycles. The molecule has 0 saturated carbocycles. The SMILES string of the molecule is CCCCCNc1ccc(C(=O)O)cc1S(=O)(=O)NCCCCC. The number of nitrogens with one attached hydrogen (secondary N) is 2. The number of carboxylic acid groups (broad SMARTS) is 1. The summed E-state index contributed by atoms with van der Waals surface area (Å²) in [7, 11) is -3.75. The Morgan fingerprint density at radius 2 is 1.67 bits per heavy atom. The van der Waals surface area contributed by atoms with E-state index in [1.54, 1.807) is 0 Å². The summed E-state index contributed by atoms with van der Waals surface area (Å²) in [5.74, 6) is -1.14. The third-order valence-electron chi connectivity index (χ3n) is 3.69. The van der Waals surface area contributed by atoms with Crippen molar-refractivity contribution in [3.05, 3.63) is 23.8 Å². The standard InChI is InChI=1S/C17H28N2O4S/c1-3-5-7-11-18-15-10-9-14(17(20)21)13-16(15)24(22,23)19-12-8-6-4-2/h9-10,13,18-19H,3-8,11-12H2,1-2H3,(H,20,21). The molecule has 0 saturated heterocycles. The highest BCUT2D eigenvalue weighted by Gasteiger charge is 2.20. The maximum absolute atomic E-state index is 12.5. The lowest BCUT2D eigenvalue weighted by Gasteiger charge is -2.14. The molecule has 6 nitrogen and oxygen atoms in total. The third kappa shape index (κ3) is 6.49. The van der Waals surface area contributed by atoms with Crippen LogP contribution in [-0.4, -0.2) is 32.6 Å². The largest absolute Gasteiger partial charge is 0.478 e. The number of carboxylic acids is 1. The van der Waals surface area contributed by atoms with Crippen molar-refractivity contribution in [1.29, 1.82) is 0 Å². The number of rotatable bonds is 12. The first kappa shape index (κ1) is 20.4. The van der Waals surface area contributed by atoms with Gasteiger partial charge in [0.05, 0.1) is 11.3 Å². The van der Waals surface area contributed by atoms with Crippen LogP contribution in [0, 0.1) is 0 Å². The van der Waals surface area contributed by atoms with Gasteiger partial charge in [-0.3, -0.25) is 0 Å². The smallest absolute Gasteiger partial charge is 0.335 e. The topological polar surface area (TPSA) is 95.5 Å². The van der Waals surface area contributed by atoms with Crippen molar-refractivity contribution in [3.63, 3.8) is 0 Å². The lowest BCUT2D eigenvalue weighted by atomic mass is 10.2. The van der Waals surface area contributed by atoms with Gasteiger partial charge in [-0.2, -0.15) is 0 Å². The predicted molar refractivity (Wildman–Crippen MR) is 96.1 cm³/mol. The summed E-state index contributed by atoms with van der Waals surface area (Å²) in [5, 5.41) is 12.2. The van der Waals surface area contributed by atoms with E-state index in [2.05, 4.69) is 17.0 Å². The van der Waals surface area contributed by atoms with Crippen LogP contribution in [-0.2, 0) is 10.0 Å². The Morgan fingerprint density at radius 1 is 1.04 bits per heavy atom. The number of carbonyl (C=O) groups is 1. The van der Waals surface area contributed by atoms with Crippen LogP contribution < -0.4 is 10.0 Å². The van der Waals surface area contributed by atoms with E-state index in [-0.39, 0.29) is 10.5 Å². The van der Waals surface area contributed by atoms with E-state index in [9.17, 15) is 13.2 Å². The fourth-order valence-electron chi connectivity index (χ4n) is 2.28. The van der Waals surface area contributed by atoms with Crippen molar-refractivity contribution >= 4 is 21.7 Å². The summed E-state index contributed by atoms with van der Waals surface area (Å²) in [6, 6.07) is 4.16. The van der Waals surface area contributed by atoms with Crippen LogP contribution in [0.1, 0.15) is 62.7 Å². The highest BCUT2D eigenvalue weighted by Crippen LogP contribution is 2.23. The second-order valence-electron chi connectivity index (χ2n) is 5.75. The second-order valence-corrected chi connectivity index (χ2v) is 7.49. The molecule has 0 aliphatic rings. The highest BCUT2D eigenvalue weighted by atomic mass is 32.2. The summed E-state index contributed by atoms with van der Waals surface area (Å²) in [6.07, 6.45) is 5.76. The maximum atomic E-state index is 12.5. The molecule has 0 fully saturated rings. The van der Waals surface area contributed by atoms with Gasteiger partial charge < -0.3 is 10.4 Å². The van der Waals surface area contributed by atoms with Crippen LogP contribution in [0.3, 0.4) is 0 Å². The van der Waals surface area contributed by atoms with Crippen LogP contribution in [0.25, 0.3) is 0 Å². The van der Waals surface area contributed by atoms with Gasteiger partial charge in [-0.25, -0.2) is 17.9 Å². The highest BCUT2D eigenvalue weighted by molar-refractivity contribution is 7.89. The van der Waals surface area contributed by atoms with Gasteiger partial charge in [0.1, 0.15) is 4.90 Å². The Bertz CT molecular complexity index is 629. The Labute approximate surface area is 144 Å². The van der Waals surface area contributed by atoms with E-state index in [4.69, 9.17) is 5.11 Å². The number of aromatic carboxylic acids is 1. The van der Waals surface area contributed by atoms with Crippen LogP contribution in [0.4, 0.5) is 5.69 Å². The van der Waals surface area contributed by atoms with Gasteiger partial charge in [0, 0.05) is 13.1 Å². The summed E-state index contributed by atoms with van der Waals surface area (Å²) >= 11 is 0. The molecular formula is C17H28N2O4S. The van der Waals surface area contributed by atoms with Crippen molar-refractivity contribution in [2.45, 2.75) is 57.3 Å². The molecule has 0 aliphatic heterocycles. The molecule has 0 amide bonds. The minimum Gasteiger partial charge on any atom is -0.478 e. The van der Waals surface area contributed by atoms with Crippen molar-refractivity contribution in [3.8, 4) is 0 Å². The molecule has 3 N–H and O–H groups in total. The van der Waals surface area contributed by atoms with Gasteiger partial charge in [-0.05, 0) is 31.0 Å². The van der Waals surface area contributed by atoms with Crippen molar-refractivity contribution in [1.82, 2.24) is 4.72 Å². The Kier molecular flexibility index (Phi) is 8.78. The minimum absolute atomic E-state index is 0.00426. The average Bonchev–Trinajstić information content (AvgIpc) is 2.55. The van der Waals surface area contributed by atoms with Crippen molar-refractivity contribution < 1.29 is 18.3 Å². The van der Waals surface area contributed by atoms with E-state index in [0.717, 1.165) is 38.5 Å². The molecule has 0 unspecified atom stereocenters. The number of sulfonamides is 1. The molecule has 1 aromatic carbocycles. The molecule has 136 valence electrons. The molecule has 0 spiro atoms. The number of hydrogen-bond acceptors (Lipinski definition) is 4. The lowest BCUT2D eigenvalue weighted by molar-refractivity contribution is 0.0696. The lowest BCUT2D eigenvalue weighted by Crippen LogP contribution is -2.26. The van der Waals surface area contributed by atoms with Crippen LogP contribution in [0.15, 0.2) is 23.1 Å². The monoisotopic (exact) mass is 356 g/mol. The number of hydrogen-bond donors (Lipinski definition) is 3. The quantitative estimate of drug-likeness (QED) is 0.499. The molecule has 0 bridgehead atoms. The summed E-state index contributed by atoms with van der Waals surface area (Å²) < 4.78 is 27.6. The third-order valence-corrected chi connectivity index (χ3v) is 5.19. The molecule has 1 rings (SSSR count). The van der Waals surface area contributed by atoms with Gasteiger partial charge in [0.15, 0.2) is 0 Å². The van der Waals surface area contributed by atoms with Gasteiger partial charge in [-0.15, -0.1) is 0 Å². The summed E-state index contributed by atoms with van der Waals surface area (Å²) in [4.78, 5) is 11.1. The number of unbranched alkanes of at least 4 members (excludes halogenated alkanes) is 4. The fraction of sp³-hybridized carbons (Fsp3) is 0.588. The first-order valence-electron chi connectivity index (χ1n) is 8.53. The Morgan fingerprint density at radius 3 is 2.25 bits per heavy atom. The first-order valence-corrected chi connectivity index (χ1v) is 10.0. The molecule has 0 atom stereocenters. The Hall–Kier alpha value is -1.60. The van der Waals surface area contributed by atoms with Gasteiger partial charge >= 0.3 is 5.97 Å². The molecule has 0 heterocycles. The summed E-state index contributed by atoms with van der Waals surface area (Å²) in [6.45, 7) is 5.14. The second kappa shape index (κ2) is 10.3. The van der Waals surface area contributed by atoms with E-state index in [0.29, 0.717) is 18.8 Å². The van der Waals surface area contributed by atoms with Crippen LogP contribution >= 0.6 is 0 Å². The molecule has 1 aromatic rings. The number of anilines is 1. The maximum Gasteiger partial charge on any atom is 0.335 e. The zero-order valence-electron chi connectivity index (χ0n) is 14.5. The Balaban J connectivity index is 2.97. The zero-order valence-corrected chi connectivity index (χ0v) is 15.3. The van der Waals surface area contributed by atoms with Gasteiger partial charge in [0.2, 0.25) is 10.0 Å². The molecule has 0 aliphatic carbocycles. The van der Waals surface area contributed by atoms with Crippen LogP contribution in [0.5, 0.6) is 0 Å².